The summed E-state index contributed by atoms with van der Waals surface area (Å²) in [6, 6.07) is 3.17. The number of hydrogen-bond acceptors (Lipinski definition) is 3. The molecular weight excluding hydrogens is 228 g/mol. The van der Waals surface area contributed by atoms with Crippen LogP contribution in [0.3, 0.4) is 0 Å². The van der Waals surface area contributed by atoms with Crippen LogP contribution in [0, 0.1) is 5.92 Å². The van der Waals surface area contributed by atoms with Gasteiger partial charge in [-0.25, -0.2) is 4.98 Å². The molecule has 88 valence electrons. The first-order valence-electron chi connectivity index (χ1n) is 5.02. The van der Waals surface area contributed by atoms with Crippen LogP contribution in [0.25, 0.3) is 0 Å². The Morgan fingerprint density at radius 1 is 1.69 bits per heavy atom. The number of carbonyl (C=O) groups excluding carboxylic acids is 1. The normalized spacial score (nSPS) is 12.2. The summed E-state index contributed by atoms with van der Waals surface area (Å²) in [5.74, 6) is 0.138. The molecule has 1 heterocycles. The van der Waals surface area contributed by atoms with Crippen molar-refractivity contribution < 1.29 is 9.53 Å². The highest BCUT2D eigenvalue weighted by Crippen LogP contribution is 2.06. The van der Waals surface area contributed by atoms with Gasteiger partial charge in [0.25, 0.3) is 5.91 Å². The smallest absolute Gasteiger partial charge is 0.251 e. The minimum atomic E-state index is -0.146. The van der Waals surface area contributed by atoms with Crippen LogP contribution >= 0.6 is 11.6 Å². The van der Waals surface area contributed by atoms with Gasteiger partial charge in [-0.05, 0) is 18.1 Å². The topological polar surface area (TPSA) is 51.2 Å². The zero-order valence-corrected chi connectivity index (χ0v) is 10.1. The molecule has 16 heavy (non-hydrogen) atoms. The fourth-order valence-electron chi connectivity index (χ4n) is 1.26. The lowest BCUT2D eigenvalue weighted by Gasteiger charge is -2.11. The number of pyridine rings is 1. The van der Waals surface area contributed by atoms with Gasteiger partial charge >= 0.3 is 0 Å². The van der Waals surface area contributed by atoms with Crippen molar-refractivity contribution in [2.24, 2.45) is 5.92 Å². The van der Waals surface area contributed by atoms with E-state index in [1.54, 1.807) is 13.2 Å². The third-order valence-electron chi connectivity index (χ3n) is 2.05. The van der Waals surface area contributed by atoms with Gasteiger partial charge in [0.1, 0.15) is 5.15 Å². The zero-order chi connectivity index (χ0) is 12.0. The highest BCUT2D eigenvalue weighted by atomic mass is 35.5. The summed E-state index contributed by atoms with van der Waals surface area (Å²) in [6.45, 7) is 3.20. The van der Waals surface area contributed by atoms with Crippen molar-refractivity contribution in [3.8, 4) is 0 Å². The van der Waals surface area contributed by atoms with Crippen molar-refractivity contribution in [3.05, 3.63) is 29.0 Å². The fraction of sp³-hybridized carbons (Fsp3) is 0.455. The summed E-state index contributed by atoms with van der Waals surface area (Å²) in [4.78, 5) is 15.5. The molecule has 0 saturated carbocycles. The number of aromatic nitrogens is 1. The molecule has 0 bridgehead atoms. The maximum atomic E-state index is 11.7. The summed E-state index contributed by atoms with van der Waals surface area (Å²) in [7, 11) is 1.64. The summed E-state index contributed by atoms with van der Waals surface area (Å²) in [5, 5.41) is 3.12. The number of hydrogen-bond donors (Lipinski definition) is 1. The third-order valence-corrected chi connectivity index (χ3v) is 2.26. The molecule has 4 nitrogen and oxygen atoms in total. The van der Waals surface area contributed by atoms with Gasteiger partial charge in [0.05, 0.1) is 6.61 Å². The molecular formula is C11H15ClN2O2. The zero-order valence-electron chi connectivity index (χ0n) is 9.37. The van der Waals surface area contributed by atoms with Gasteiger partial charge in [-0.15, -0.1) is 0 Å². The molecule has 0 spiro atoms. The second kappa shape index (κ2) is 6.45. The SMILES string of the molecule is COCC(C)CNC(=O)c1ccnc(Cl)c1. The minimum absolute atomic E-state index is 0.146. The Hall–Kier alpha value is -1.13. The van der Waals surface area contributed by atoms with E-state index in [1.807, 2.05) is 6.92 Å². The molecule has 0 radical (unpaired) electrons. The van der Waals surface area contributed by atoms with Crippen molar-refractivity contribution >= 4 is 17.5 Å². The van der Waals surface area contributed by atoms with Crippen LogP contribution in [-0.4, -0.2) is 31.2 Å². The van der Waals surface area contributed by atoms with Gasteiger partial charge in [-0.1, -0.05) is 18.5 Å². The van der Waals surface area contributed by atoms with Gasteiger partial charge in [0.15, 0.2) is 0 Å². The van der Waals surface area contributed by atoms with E-state index in [9.17, 15) is 4.79 Å². The number of methoxy groups -OCH3 is 1. The Morgan fingerprint density at radius 2 is 2.44 bits per heavy atom. The number of nitrogens with one attached hydrogen (secondary N) is 1. The van der Waals surface area contributed by atoms with Crippen LogP contribution < -0.4 is 5.32 Å². The largest absolute Gasteiger partial charge is 0.384 e. The lowest BCUT2D eigenvalue weighted by atomic mass is 10.2. The number of carbonyl (C=O) groups is 1. The van der Waals surface area contributed by atoms with Gasteiger partial charge in [-0.3, -0.25) is 4.79 Å². The second-order valence-corrected chi connectivity index (χ2v) is 4.03. The van der Waals surface area contributed by atoms with E-state index in [2.05, 4.69) is 10.3 Å². The molecule has 5 heteroatoms. The monoisotopic (exact) mass is 242 g/mol. The molecule has 1 amide bonds. The summed E-state index contributed by atoms with van der Waals surface area (Å²) < 4.78 is 4.98. The maximum absolute atomic E-state index is 11.7. The molecule has 0 aromatic carbocycles. The van der Waals surface area contributed by atoms with E-state index >= 15 is 0 Å². The van der Waals surface area contributed by atoms with Gasteiger partial charge in [-0.2, -0.15) is 0 Å². The number of amides is 1. The van der Waals surface area contributed by atoms with Crippen LogP contribution in [0.1, 0.15) is 17.3 Å². The predicted molar refractivity (Wildman–Crippen MR) is 62.6 cm³/mol. The van der Waals surface area contributed by atoms with Crippen molar-refractivity contribution in [3.63, 3.8) is 0 Å². The predicted octanol–water partition coefficient (Wildman–Crippen LogP) is 1.75. The van der Waals surface area contributed by atoms with Crippen molar-refractivity contribution in [1.82, 2.24) is 10.3 Å². The molecule has 1 rings (SSSR count). The van der Waals surface area contributed by atoms with Crippen molar-refractivity contribution in [1.29, 1.82) is 0 Å². The Labute approximate surface area is 100.0 Å². The molecule has 1 unspecified atom stereocenters. The van der Waals surface area contributed by atoms with E-state index < -0.39 is 0 Å². The fourth-order valence-corrected chi connectivity index (χ4v) is 1.43. The summed E-state index contributed by atoms with van der Waals surface area (Å²) in [6.07, 6.45) is 1.51. The Kier molecular flexibility index (Phi) is 5.22. The first-order valence-corrected chi connectivity index (χ1v) is 5.40. The molecule has 1 atom stereocenters. The third kappa shape index (κ3) is 4.16. The average Bonchev–Trinajstić information content (AvgIpc) is 2.26. The van der Waals surface area contributed by atoms with E-state index in [4.69, 9.17) is 16.3 Å². The minimum Gasteiger partial charge on any atom is -0.384 e. The molecule has 0 saturated heterocycles. The van der Waals surface area contributed by atoms with Crippen molar-refractivity contribution in [2.45, 2.75) is 6.92 Å². The second-order valence-electron chi connectivity index (χ2n) is 3.64. The molecule has 1 N–H and O–H groups in total. The average molecular weight is 243 g/mol. The van der Waals surface area contributed by atoms with E-state index in [0.29, 0.717) is 23.9 Å². The molecule has 0 aliphatic heterocycles. The molecule has 0 aliphatic rings. The van der Waals surface area contributed by atoms with Crippen LogP contribution in [0.15, 0.2) is 18.3 Å². The lowest BCUT2D eigenvalue weighted by Crippen LogP contribution is -2.29. The molecule has 1 aromatic heterocycles. The number of halogens is 1. The Morgan fingerprint density at radius 3 is 3.06 bits per heavy atom. The molecule has 0 aliphatic carbocycles. The van der Waals surface area contributed by atoms with Crippen LogP contribution in [0.5, 0.6) is 0 Å². The maximum Gasteiger partial charge on any atom is 0.251 e. The van der Waals surface area contributed by atoms with Crippen molar-refractivity contribution in [2.75, 3.05) is 20.3 Å². The van der Waals surface area contributed by atoms with E-state index in [-0.39, 0.29) is 11.8 Å². The summed E-state index contributed by atoms with van der Waals surface area (Å²) in [5.41, 5.74) is 0.518. The standard InChI is InChI=1S/C11H15ClN2O2/c1-8(7-16-2)6-14-11(15)9-3-4-13-10(12)5-9/h3-5,8H,6-7H2,1-2H3,(H,14,15). The van der Waals surface area contributed by atoms with Crippen LogP contribution in [0.2, 0.25) is 5.15 Å². The lowest BCUT2D eigenvalue weighted by molar-refractivity contribution is 0.0934. The molecule has 1 aromatic rings. The van der Waals surface area contributed by atoms with E-state index in [0.717, 1.165) is 0 Å². The van der Waals surface area contributed by atoms with E-state index in [1.165, 1.54) is 12.3 Å². The summed E-state index contributed by atoms with van der Waals surface area (Å²) >= 11 is 5.69. The van der Waals surface area contributed by atoms with Gasteiger partial charge < -0.3 is 10.1 Å². The quantitative estimate of drug-likeness (QED) is 0.801. The first-order chi connectivity index (χ1) is 7.63. The first kappa shape index (κ1) is 12.9. The highest BCUT2D eigenvalue weighted by Gasteiger charge is 2.08. The number of nitrogens with zero attached hydrogens (tertiary/aromatic N) is 1. The Balaban J connectivity index is 2.47. The van der Waals surface area contributed by atoms with Crippen LogP contribution in [-0.2, 0) is 4.74 Å². The van der Waals surface area contributed by atoms with Gasteiger partial charge in [0.2, 0.25) is 0 Å². The Bertz CT molecular complexity index is 358. The number of ether oxygens (including phenoxy) is 1. The molecule has 0 fully saturated rings. The highest BCUT2D eigenvalue weighted by molar-refractivity contribution is 6.29. The van der Waals surface area contributed by atoms with Crippen LogP contribution in [0.4, 0.5) is 0 Å². The van der Waals surface area contributed by atoms with Gasteiger partial charge in [0, 0.05) is 25.4 Å². The number of rotatable bonds is 5.